The first-order valence-corrected chi connectivity index (χ1v) is 4.15. The van der Waals surface area contributed by atoms with Crippen molar-refractivity contribution in [1.29, 1.82) is 0 Å². The van der Waals surface area contributed by atoms with Crippen molar-refractivity contribution in [3.8, 4) is 0 Å². The zero-order valence-electron chi connectivity index (χ0n) is 8.00. The van der Waals surface area contributed by atoms with Crippen LogP contribution in [0, 0.1) is 13.8 Å². The Kier molecular flexibility index (Phi) is 6.30. The molecule has 2 aromatic rings. The molecule has 0 heterocycles. The largest absolute Gasteiger partial charge is 0.748 e. The van der Waals surface area contributed by atoms with E-state index in [1.165, 1.54) is 11.1 Å². The third-order valence-corrected chi connectivity index (χ3v) is 1.66. The van der Waals surface area contributed by atoms with Crippen molar-refractivity contribution in [3.05, 3.63) is 59.7 Å². The molecule has 0 spiro atoms. The minimum atomic E-state index is 0. The van der Waals surface area contributed by atoms with Gasteiger partial charge in [0, 0.05) is 17.1 Å². The molecule has 2 aromatic carbocycles. The first kappa shape index (κ1) is 12.2. The molecular weight excluding hydrogens is 199 g/mol. The molecule has 0 aromatic heterocycles. The third kappa shape index (κ3) is 5.46. The minimum absolute atomic E-state index is 0. The predicted molar refractivity (Wildman–Crippen MR) is 53.5 cm³/mol. The van der Waals surface area contributed by atoms with Crippen molar-refractivity contribution < 1.29 is 17.1 Å². The number of rotatable bonds is 0. The topological polar surface area (TPSA) is 0 Å². The van der Waals surface area contributed by atoms with Gasteiger partial charge in [0.05, 0.1) is 0 Å². The van der Waals surface area contributed by atoms with E-state index in [-0.39, 0.29) is 17.1 Å². The fraction of sp³-hybridized carbons (Fsp3) is 0.167. The molecule has 0 aliphatic heterocycles. The first-order valence-electron chi connectivity index (χ1n) is 4.15. The second-order valence-corrected chi connectivity index (χ2v) is 2.92. The monoisotopic (exact) mass is 213 g/mol. The SMILES string of the molecule is C[c-]1[cH-][cH-][cH-][cH-]1.C[c-]1cccc1.[Mn]. The van der Waals surface area contributed by atoms with Crippen LogP contribution < -0.4 is 0 Å². The van der Waals surface area contributed by atoms with E-state index < -0.39 is 0 Å². The van der Waals surface area contributed by atoms with Crippen molar-refractivity contribution in [1.82, 2.24) is 0 Å². The average Bonchev–Trinajstić information content (AvgIpc) is 2.63. The summed E-state index contributed by atoms with van der Waals surface area (Å²) >= 11 is 0. The molecule has 0 bridgehead atoms. The minimum Gasteiger partial charge on any atom is -0.748 e. The summed E-state index contributed by atoms with van der Waals surface area (Å²) in [6.07, 6.45) is 0. The van der Waals surface area contributed by atoms with Crippen LogP contribution in [0.5, 0.6) is 0 Å². The second-order valence-electron chi connectivity index (χ2n) is 2.92. The average molecular weight is 213 g/mol. The molecule has 0 N–H and O–H groups in total. The van der Waals surface area contributed by atoms with Gasteiger partial charge in [0.2, 0.25) is 0 Å². The van der Waals surface area contributed by atoms with E-state index >= 15 is 0 Å². The molecule has 75 valence electrons. The molecule has 13 heavy (non-hydrogen) atoms. The number of hydrogen-bond acceptors (Lipinski definition) is 0. The summed E-state index contributed by atoms with van der Waals surface area (Å²) in [6.45, 7) is 4.17. The van der Waals surface area contributed by atoms with Crippen LogP contribution >= 0.6 is 0 Å². The maximum absolute atomic E-state index is 2.08. The Morgan fingerprint density at radius 2 is 1.38 bits per heavy atom. The zero-order chi connectivity index (χ0) is 8.81. The van der Waals surface area contributed by atoms with Gasteiger partial charge < -0.3 is 29.8 Å². The molecule has 1 heteroatoms. The summed E-state index contributed by atoms with van der Waals surface area (Å²) < 4.78 is 0. The Morgan fingerprint density at radius 3 is 1.54 bits per heavy atom. The van der Waals surface area contributed by atoms with E-state index in [2.05, 4.69) is 38.1 Å². The van der Waals surface area contributed by atoms with Gasteiger partial charge in [-0.3, -0.25) is 0 Å². The quantitative estimate of drug-likeness (QED) is 0.464. The predicted octanol–water partition coefficient (Wildman–Crippen LogP) is 3.43. The molecule has 0 saturated heterocycles. The second kappa shape index (κ2) is 6.71. The zero-order valence-corrected chi connectivity index (χ0v) is 9.18. The van der Waals surface area contributed by atoms with E-state index in [9.17, 15) is 0 Å². The molecule has 0 unspecified atom stereocenters. The van der Waals surface area contributed by atoms with Gasteiger partial charge in [0.15, 0.2) is 0 Å². The Hall–Kier alpha value is -0.781. The molecular formula is C12H14Mn-6. The standard InChI is InChI=1S/2C6H7.Mn/c2*1-6-4-2-3-5-6;/h2*2-5H,1H3;/q-5;-1;. The summed E-state index contributed by atoms with van der Waals surface area (Å²) in [5.41, 5.74) is 2.69. The Balaban J connectivity index is 0.000000206. The molecule has 0 nitrogen and oxygen atoms in total. The van der Waals surface area contributed by atoms with Crippen LogP contribution in [0.15, 0.2) is 48.5 Å². The summed E-state index contributed by atoms with van der Waals surface area (Å²) in [5, 5.41) is 0. The van der Waals surface area contributed by atoms with E-state index in [1.54, 1.807) is 0 Å². The van der Waals surface area contributed by atoms with Gasteiger partial charge in [-0.15, -0.1) is 0 Å². The number of hydrogen-bond donors (Lipinski definition) is 0. The fourth-order valence-corrected chi connectivity index (χ4v) is 0.940. The fourth-order valence-electron chi connectivity index (χ4n) is 0.940. The smallest absolute Gasteiger partial charge is 0 e. The summed E-state index contributed by atoms with van der Waals surface area (Å²) in [7, 11) is 0. The third-order valence-electron chi connectivity index (χ3n) is 1.66. The summed E-state index contributed by atoms with van der Waals surface area (Å²) in [5.74, 6) is 0. The van der Waals surface area contributed by atoms with E-state index in [0.29, 0.717) is 0 Å². The van der Waals surface area contributed by atoms with Crippen molar-refractivity contribution >= 4 is 0 Å². The molecule has 0 aliphatic carbocycles. The Bertz CT molecular complexity index is 245. The van der Waals surface area contributed by atoms with Gasteiger partial charge in [-0.25, -0.2) is 19.1 Å². The van der Waals surface area contributed by atoms with Crippen LogP contribution in [-0.2, 0) is 17.1 Å². The Morgan fingerprint density at radius 1 is 0.923 bits per heavy atom. The first-order chi connectivity index (χ1) is 5.79. The van der Waals surface area contributed by atoms with E-state index in [1.807, 2.05) is 24.3 Å². The molecule has 0 atom stereocenters. The van der Waals surface area contributed by atoms with Crippen LogP contribution in [0.1, 0.15) is 11.1 Å². The molecule has 1 radical (unpaired) electrons. The van der Waals surface area contributed by atoms with Crippen LogP contribution in [0.3, 0.4) is 0 Å². The Labute approximate surface area is 90.8 Å². The van der Waals surface area contributed by atoms with Crippen molar-refractivity contribution in [2.24, 2.45) is 0 Å². The van der Waals surface area contributed by atoms with Crippen molar-refractivity contribution in [3.63, 3.8) is 0 Å². The van der Waals surface area contributed by atoms with Gasteiger partial charge in [-0.2, -0.15) is 17.7 Å². The molecule has 2 rings (SSSR count). The maximum atomic E-state index is 2.08. The van der Waals surface area contributed by atoms with E-state index in [4.69, 9.17) is 0 Å². The van der Waals surface area contributed by atoms with Gasteiger partial charge in [-0.1, -0.05) is 6.92 Å². The maximum Gasteiger partial charge on any atom is 0 e. The van der Waals surface area contributed by atoms with Crippen molar-refractivity contribution in [2.45, 2.75) is 13.8 Å². The van der Waals surface area contributed by atoms with Gasteiger partial charge in [0.1, 0.15) is 0 Å². The molecule has 0 amide bonds. The summed E-state index contributed by atoms with van der Waals surface area (Å²) in [4.78, 5) is 0. The van der Waals surface area contributed by atoms with Gasteiger partial charge >= 0.3 is 0 Å². The van der Waals surface area contributed by atoms with Gasteiger partial charge in [-0.05, 0) is 0 Å². The number of aryl methyl sites for hydroxylation is 2. The van der Waals surface area contributed by atoms with Gasteiger partial charge in [0.25, 0.3) is 0 Å². The molecule has 0 saturated carbocycles. The van der Waals surface area contributed by atoms with Crippen LogP contribution in [0.25, 0.3) is 0 Å². The van der Waals surface area contributed by atoms with Crippen LogP contribution in [0.2, 0.25) is 0 Å². The van der Waals surface area contributed by atoms with E-state index in [0.717, 1.165) is 0 Å². The normalized spacial score (nSPS) is 8.15. The summed E-state index contributed by atoms with van der Waals surface area (Å²) in [6, 6.07) is 16.5. The molecule has 0 aliphatic rings. The molecule has 0 fully saturated rings. The van der Waals surface area contributed by atoms with Crippen LogP contribution in [0.4, 0.5) is 0 Å². The van der Waals surface area contributed by atoms with Crippen molar-refractivity contribution in [2.75, 3.05) is 0 Å². The van der Waals surface area contributed by atoms with Crippen LogP contribution in [-0.4, -0.2) is 0 Å².